The molecule has 6 heteroatoms. The van der Waals surface area contributed by atoms with Crippen LogP contribution in [0.15, 0.2) is 17.4 Å². The summed E-state index contributed by atoms with van der Waals surface area (Å²) in [5.74, 6) is 5.96. The molecule has 0 aliphatic heterocycles. The molecule has 1 aromatic rings. The number of halogens is 1. The van der Waals surface area contributed by atoms with Crippen molar-refractivity contribution in [1.82, 2.24) is 4.98 Å². The molecule has 0 aliphatic rings. The lowest BCUT2D eigenvalue weighted by Gasteiger charge is -1.96. The van der Waals surface area contributed by atoms with E-state index in [9.17, 15) is 0 Å². The topological polar surface area (TPSA) is 87.7 Å². The minimum Gasteiger partial charge on any atom is -0.383 e. The normalized spacial score (nSPS) is 8.60. The molecule has 0 saturated carbocycles. The zero-order chi connectivity index (χ0) is 11.1. The van der Waals surface area contributed by atoms with E-state index in [2.05, 4.69) is 26.9 Å². The molecule has 0 radical (unpaired) electrons. The Morgan fingerprint density at radius 1 is 1.67 bits per heavy atom. The number of anilines is 1. The molecule has 0 fully saturated rings. The second kappa shape index (κ2) is 5.76. The quantitative estimate of drug-likeness (QED) is 0.273. The first-order valence-corrected chi connectivity index (χ1v) is 4.52. The van der Waals surface area contributed by atoms with Crippen LogP contribution >= 0.6 is 11.6 Å². The maximum absolute atomic E-state index is 8.03. The van der Waals surface area contributed by atoms with Crippen LogP contribution in [0.2, 0.25) is 5.02 Å². The predicted molar refractivity (Wildman–Crippen MR) is 59.2 cm³/mol. The van der Waals surface area contributed by atoms with Crippen molar-refractivity contribution in [2.45, 2.75) is 6.42 Å². The van der Waals surface area contributed by atoms with E-state index in [0.717, 1.165) is 0 Å². The highest BCUT2D eigenvalue weighted by Gasteiger charge is 1.96. The lowest BCUT2D eigenvalue weighted by atomic mass is 10.2. The molecule has 2 N–H and O–H groups in total. The van der Waals surface area contributed by atoms with Gasteiger partial charge in [-0.05, 0) is 11.6 Å². The summed E-state index contributed by atoms with van der Waals surface area (Å²) in [6, 6.07) is 1.64. The van der Waals surface area contributed by atoms with E-state index >= 15 is 0 Å². The molecule has 0 atom stereocenters. The Balaban J connectivity index is 2.70. The summed E-state index contributed by atoms with van der Waals surface area (Å²) in [5.41, 5.74) is 14.2. The Bertz CT molecular complexity index is 453. The minimum atomic E-state index is 0.343. The van der Waals surface area contributed by atoms with E-state index in [-0.39, 0.29) is 0 Å². The number of nitrogens with two attached hydrogens (primary N) is 1. The van der Waals surface area contributed by atoms with Gasteiger partial charge in [0.2, 0.25) is 0 Å². The summed E-state index contributed by atoms with van der Waals surface area (Å²) in [7, 11) is 0. The fourth-order valence-electron chi connectivity index (χ4n) is 0.858. The van der Waals surface area contributed by atoms with Gasteiger partial charge in [0, 0.05) is 24.1 Å². The van der Waals surface area contributed by atoms with Crippen LogP contribution in [0.5, 0.6) is 0 Å². The monoisotopic (exact) mass is 221 g/mol. The molecule has 0 amide bonds. The molecule has 0 unspecified atom stereocenters. The summed E-state index contributed by atoms with van der Waals surface area (Å²) in [4.78, 5) is 6.47. The van der Waals surface area contributed by atoms with Gasteiger partial charge in [-0.3, -0.25) is 0 Å². The van der Waals surface area contributed by atoms with Gasteiger partial charge in [0.15, 0.2) is 0 Å². The van der Waals surface area contributed by atoms with Crippen molar-refractivity contribution in [3.8, 4) is 11.8 Å². The fraction of sp³-hybridized carbons (Fsp3) is 0.222. The molecular weight excluding hydrogens is 214 g/mol. The number of nitrogen functional groups attached to an aromatic ring is 1. The van der Waals surface area contributed by atoms with E-state index in [1.54, 1.807) is 6.07 Å². The number of nitrogens with zero attached hydrogens (tertiary/aromatic N) is 4. The third-order valence-corrected chi connectivity index (χ3v) is 1.71. The van der Waals surface area contributed by atoms with Crippen molar-refractivity contribution in [1.29, 1.82) is 0 Å². The zero-order valence-electron chi connectivity index (χ0n) is 7.81. The Morgan fingerprint density at radius 3 is 3.20 bits per heavy atom. The Labute approximate surface area is 91.9 Å². The van der Waals surface area contributed by atoms with Crippen LogP contribution in [-0.2, 0) is 0 Å². The van der Waals surface area contributed by atoms with Crippen LogP contribution in [0.4, 0.5) is 5.82 Å². The van der Waals surface area contributed by atoms with Crippen LogP contribution in [0.3, 0.4) is 0 Å². The number of hydrogen-bond acceptors (Lipinski definition) is 3. The number of pyridine rings is 1. The smallest absolute Gasteiger partial charge is 0.139 e. The van der Waals surface area contributed by atoms with Gasteiger partial charge in [-0.15, -0.1) is 0 Å². The first-order valence-electron chi connectivity index (χ1n) is 4.15. The number of rotatable bonds is 2. The Hall–Kier alpha value is -1.89. The average molecular weight is 222 g/mol. The van der Waals surface area contributed by atoms with Gasteiger partial charge >= 0.3 is 0 Å². The predicted octanol–water partition coefficient (Wildman–Crippen LogP) is 2.37. The molecule has 1 heterocycles. The van der Waals surface area contributed by atoms with E-state index in [0.29, 0.717) is 29.4 Å². The Kier molecular flexibility index (Phi) is 4.30. The van der Waals surface area contributed by atoms with Crippen LogP contribution in [0.1, 0.15) is 12.0 Å². The van der Waals surface area contributed by atoms with Gasteiger partial charge in [-0.1, -0.05) is 28.6 Å². The first kappa shape index (κ1) is 11.2. The van der Waals surface area contributed by atoms with Crippen molar-refractivity contribution in [3.05, 3.63) is 33.3 Å². The second-order valence-electron chi connectivity index (χ2n) is 2.59. The van der Waals surface area contributed by atoms with Crippen LogP contribution in [0.25, 0.3) is 10.4 Å². The van der Waals surface area contributed by atoms with Crippen molar-refractivity contribution >= 4 is 17.4 Å². The van der Waals surface area contributed by atoms with Gasteiger partial charge in [-0.2, -0.15) is 0 Å². The molecule has 0 bridgehead atoms. The highest BCUT2D eigenvalue weighted by atomic mass is 35.5. The van der Waals surface area contributed by atoms with Crippen molar-refractivity contribution in [2.75, 3.05) is 12.3 Å². The molecular formula is C9H8ClN5. The van der Waals surface area contributed by atoms with Crippen LogP contribution < -0.4 is 5.73 Å². The average Bonchev–Trinajstić information content (AvgIpc) is 2.23. The van der Waals surface area contributed by atoms with Gasteiger partial charge < -0.3 is 5.73 Å². The third-order valence-electron chi connectivity index (χ3n) is 1.51. The van der Waals surface area contributed by atoms with Gasteiger partial charge in [0.25, 0.3) is 0 Å². The fourth-order valence-corrected chi connectivity index (χ4v) is 1.02. The first-order chi connectivity index (χ1) is 7.24. The summed E-state index contributed by atoms with van der Waals surface area (Å²) < 4.78 is 0. The molecule has 5 nitrogen and oxygen atoms in total. The number of hydrogen-bond donors (Lipinski definition) is 1. The zero-order valence-corrected chi connectivity index (χ0v) is 8.57. The Morgan fingerprint density at radius 2 is 2.47 bits per heavy atom. The highest BCUT2D eigenvalue weighted by Crippen LogP contribution is 2.13. The SMILES string of the molecule is [N-]=[N+]=NCCC#Cc1cc(Cl)cnc1N. The molecule has 0 aliphatic carbocycles. The largest absolute Gasteiger partial charge is 0.383 e. The van der Waals surface area contributed by atoms with Crippen LogP contribution in [-0.4, -0.2) is 11.5 Å². The maximum atomic E-state index is 8.03. The van der Waals surface area contributed by atoms with E-state index in [4.69, 9.17) is 22.9 Å². The number of aromatic nitrogens is 1. The maximum Gasteiger partial charge on any atom is 0.139 e. The van der Waals surface area contributed by atoms with E-state index in [1.165, 1.54) is 6.20 Å². The van der Waals surface area contributed by atoms with E-state index in [1.807, 2.05) is 0 Å². The second-order valence-corrected chi connectivity index (χ2v) is 3.03. The molecule has 1 aromatic heterocycles. The summed E-state index contributed by atoms with van der Waals surface area (Å²) in [6.45, 7) is 0.345. The molecule has 1 rings (SSSR count). The van der Waals surface area contributed by atoms with E-state index < -0.39 is 0 Å². The highest BCUT2D eigenvalue weighted by molar-refractivity contribution is 6.30. The van der Waals surface area contributed by atoms with Crippen LogP contribution in [0, 0.1) is 11.8 Å². The lowest BCUT2D eigenvalue weighted by Crippen LogP contribution is -1.93. The van der Waals surface area contributed by atoms with Gasteiger partial charge in [0.05, 0.1) is 10.6 Å². The molecule has 0 aromatic carbocycles. The molecule has 0 saturated heterocycles. The van der Waals surface area contributed by atoms with Crippen molar-refractivity contribution in [3.63, 3.8) is 0 Å². The number of azide groups is 1. The molecule has 0 spiro atoms. The summed E-state index contributed by atoms with van der Waals surface area (Å²) in [5, 5.41) is 3.84. The molecule has 76 valence electrons. The van der Waals surface area contributed by atoms with Crippen molar-refractivity contribution in [2.24, 2.45) is 5.11 Å². The lowest BCUT2D eigenvalue weighted by molar-refractivity contribution is 1.01. The third kappa shape index (κ3) is 3.77. The molecule has 15 heavy (non-hydrogen) atoms. The standard InChI is InChI=1S/C9H8ClN5/c10-8-5-7(9(11)13-6-8)3-1-2-4-14-15-12/h5-6H,2,4H2,(H2,11,13). The van der Waals surface area contributed by atoms with Crippen molar-refractivity contribution < 1.29 is 0 Å². The summed E-state index contributed by atoms with van der Waals surface area (Å²) in [6.07, 6.45) is 1.94. The summed E-state index contributed by atoms with van der Waals surface area (Å²) >= 11 is 5.73. The van der Waals surface area contributed by atoms with Gasteiger partial charge in [0.1, 0.15) is 5.82 Å². The van der Waals surface area contributed by atoms with Gasteiger partial charge in [-0.25, -0.2) is 4.98 Å². The minimum absolute atomic E-state index is 0.343.